The topological polar surface area (TPSA) is 99.0 Å². The Balaban J connectivity index is 1.87. The van der Waals surface area contributed by atoms with Gasteiger partial charge in [0.05, 0.1) is 12.7 Å². The van der Waals surface area contributed by atoms with Gasteiger partial charge >= 0.3 is 0 Å². The maximum atomic E-state index is 5.72. The predicted octanol–water partition coefficient (Wildman–Crippen LogP) is 0.0521. The molecule has 3 heterocycles. The lowest BCUT2D eigenvalue weighted by Gasteiger charge is -2.05. The largest absolute Gasteiger partial charge is 0.382 e. The van der Waals surface area contributed by atoms with Gasteiger partial charge in [-0.2, -0.15) is 5.10 Å². The summed E-state index contributed by atoms with van der Waals surface area (Å²) in [6.45, 7) is 0.472. The van der Waals surface area contributed by atoms with Gasteiger partial charge in [-0.05, 0) is 0 Å². The van der Waals surface area contributed by atoms with Crippen LogP contribution in [-0.4, -0.2) is 29.1 Å². The second-order valence-corrected chi connectivity index (χ2v) is 3.86. The first-order chi connectivity index (χ1) is 8.72. The van der Waals surface area contributed by atoms with Gasteiger partial charge in [0.1, 0.15) is 12.1 Å². The van der Waals surface area contributed by atoms with Gasteiger partial charge in [0.2, 0.25) is 0 Å². The number of rotatable bonds is 3. The minimum atomic E-state index is 0.428. The number of nitrogens with one attached hydrogen (secondary N) is 1. The van der Waals surface area contributed by atoms with Crippen LogP contribution in [0.25, 0.3) is 5.65 Å². The van der Waals surface area contributed by atoms with E-state index in [2.05, 4.69) is 25.4 Å². The lowest BCUT2D eigenvalue weighted by Crippen LogP contribution is -2.07. The molecule has 0 saturated carbocycles. The van der Waals surface area contributed by atoms with Crippen molar-refractivity contribution in [1.82, 2.24) is 29.1 Å². The van der Waals surface area contributed by atoms with Crippen LogP contribution in [0.3, 0.4) is 0 Å². The first kappa shape index (κ1) is 10.5. The fraction of sp³-hybridized carbons (Fsp3) is 0.200. The summed E-state index contributed by atoms with van der Waals surface area (Å²) in [7, 11) is 1.82. The molecule has 0 atom stereocenters. The third-order valence-electron chi connectivity index (χ3n) is 2.45. The Kier molecular flexibility index (Phi) is 2.33. The number of imidazole rings is 1. The normalized spacial score (nSPS) is 10.9. The monoisotopic (exact) mass is 244 g/mol. The average Bonchev–Trinajstić information content (AvgIpc) is 2.94. The standard InChI is InChI=1S/C10H12N8/c1-17-6-14-8(16-17)4-13-9-10-12-2-3-18(10)5-7(11)15-9/h2-3,5-6H,4,11H2,1H3,(H,13,15). The summed E-state index contributed by atoms with van der Waals surface area (Å²) in [5.74, 6) is 1.73. The van der Waals surface area contributed by atoms with E-state index >= 15 is 0 Å². The van der Waals surface area contributed by atoms with Crippen LogP contribution in [0.5, 0.6) is 0 Å². The van der Waals surface area contributed by atoms with Gasteiger partial charge in [0.25, 0.3) is 0 Å². The molecule has 3 rings (SSSR count). The minimum absolute atomic E-state index is 0.428. The van der Waals surface area contributed by atoms with Gasteiger partial charge < -0.3 is 15.5 Å². The molecule has 0 aliphatic heterocycles. The zero-order chi connectivity index (χ0) is 12.5. The molecule has 0 spiro atoms. The summed E-state index contributed by atoms with van der Waals surface area (Å²) < 4.78 is 3.46. The van der Waals surface area contributed by atoms with Crippen LogP contribution in [0, 0.1) is 0 Å². The summed E-state index contributed by atoms with van der Waals surface area (Å²) in [5, 5.41) is 7.30. The number of nitrogens with zero attached hydrogens (tertiary/aromatic N) is 6. The second kappa shape index (κ2) is 3.99. The summed E-state index contributed by atoms with van der Waals surface area (Å²) in [6, 6.07) is 0. The highest BCUT2D eigenvalue weighted by molar-refractivity contribution is 5.64. The van der Waals surface area contributed by atoms with Crippen molar-refractivity contribution in [3.8, 4) is 0 Å². The summed E-state index contributed by atoms with van der Waals surface area (Å²) in [4.78, 5) is 12.6. The maximum absolute atomic E-state index is 5.72. The molecule has 0 aliphatic rings. The van der Waals surface area contributed by atoms with Gasteiger partial charge in [-0.1, -0.05) is 0 Å². The number of fused-ring (bicyclic) bond motifs is 1. The Labute approximate surface area is 102 Å². The van der Waals surface area contributed by atoms with Gasteiger partial charge in [0, 0.05) is 19.4 Å². The van der Waals surface area contributed by atoms with E-state index in [0.29, 0.717) is 24.0 Å². The van der Waals surface area contributed by atoms with Gasteiger partial charge in [-0.25, -0.2) is 15.0 Å². The molecule has 0 fully saturated rings. The van der Waals surface area contributed by atoms with Crippen molar-refractivity contribution in [3.05, 3.63) is 30.7 Å². The molecule has 92 valence electrons. The van der Waals surface area contributed by atoms with Crippen molar-refractivity contribution in [2.24, 2.45) is 7.05 Å². The van der Waals surface area contributed by atoms with Crippen LogP contribution in [0.2, 0.25) is 0 Å². The van der Waals surface area contributed by atoms with Crippen molar-refractivity contribution in [3.63, 3.8) is 0 Å². The molecule has 3 aromatic heterocycles. The van der Waals surface area contributed by atoms with Crippen molar-refractivity contribution in [2.45, 2.75) is 6.54 Å². The number of aromatic nitrogens is 6. The third-order valence-corrected chi connectivity index (χ3v) is 2.45. The van der Waals surface area contributed by atoms with Crippen molar-refractivity contribution < 1.29 is 0 Å². The molecule has 0 aliphatic carbocycles. The van der Waals surface area contributed by atoms with Crippen molar-refractivity contribution in [1.29, 1.82) is 0 Å². The van der Waals surface area contributed by atoms with Crippen LogP contribution in [0.4, 0.5) is 11.6 Å². The predicted molar refractivity (Wildman–Crippen MR) is 65.7 cm³/mol. The minimum Gasteiger partial charge on any atom is -0.382 e. The van der Waals surface area contributed by atoms with Crippen LogP contribution in [-0.2, 0) is 13.6 Å². The van der Waals surface area contributed by atoms with E-state index in [1.165, 1.54) is 0 Å². The van der Waals surface area contributed by atoms with E-state index in [-0.39, 0.29) is 0 Å². The Morgan fingerprint density at radius 1 is 1.39 bits per heavy atom. The van der Waals surface area contributed by atoms with Gasteiger partial charge in [-0.15, -0.1) is 0 Å². The van der Waals surface area contributed by atoms with E-state index in [1.54, 1.807) is 23.4 Å². The SMILES string of the molecule is Cn1cnc(CNc2nc(N)cn3ccnc23)n1. The van der Waals surface area contributed by atoms with Crippen molar-refractivity contribution >= 4 is 17.3 Å². The van der Waals surface area contributed by atoms with Crippen LogP contribution in [0.15, 0.2) is 24.9 Å². The number of hydrogen-bond acceptors (Lipinski definition) is 6. The average molecular weight is 244 g/mol. The first-order valence-corrected chi connectivity index (χ1v) is 5.40. The lowest BCUT2D eigenvalue weighted by atomic mass is 10.5. The van der Waals surface area contributed by atoms with E-state index < -0.39 is 0 Å². The Bertz CT molecular complexity index is 682. The lowest BCUT2D eigenvalue weighted by molar-refractivity contribution is 0.747. The highest BCUT2D eigenvalue weighted by Gasteiger charge is 2.07. The number of aryl methyl sites for hydroxylation is 1. The van der Waals surface area contributed by atoms with E-state index in [1.807, 2.05) is 17.6 Å². The molecule has 0 aromatic carbocycles. The Morgan fingerprint density at radius 3 is 3.06 bits per heavy atom. The summed E-state index contributed by atoms with van der Waals surface area (Å²) in [6.07, 6.45) is 6.87. The molecule has 0 amide bonds. The molecule has 0 radical (unpaired) electrons. The van der Waals surface area contributed by atoms with Gasteiger partial charge in [-0.3, -0.25) is 4.68 Å². The molecular formula is C10H12N8. The summed E-state index contributed by atoms with van der Waals surface area (Å²) in [5.41, 5.74) is 6.44. The summed E-state index contributed by atoms with van der Waals surface area (Å²) >= 11 is 0. The number of anilines is 2. The van der Waals surface area contributed by atoms with E-state index in [0.717, 1.165) is 5.65 Å². The molecule has 3 aromatic rings. The highest BCUT2D eigenvalue weighted by Crippen LogP contribution is 2.14. The molecule has 0 saturated heterocycles. The second-order valence-electron chi connectivity index (χ2n) is 3.86. The number of nitrogens with two attached hydrogens (primary N) is 1. The smallest absolute Gasteiger partial charge is 0.180 e. The molecule has 0 bridgehead atoms. The van der Waals surface area contributed by atoms with Gasteiger partial charge in [0.15, 0.2) is 17.3 Å². The van der Waals surface area contributed by atoms with Crippen LogP contribution < -0.4 is 11.1 Å². The molecule has 8 heteroatoms. The fourth-order valence-corrected chi connectivity index (χ4v) is 1.70. The molecular weight excluding hydrogens is 232 g/mol. The molecule has 3 N–H and O–H groups in total. The zero-order valence-electron chi connectivity index (χ0n) is 9.78. The third kappa shape index (κ3) is 1.83. The molecule has 0 unspecified atom stereocenters. The Morgan fingerprint density at radius 2 is 2.28 bits per heavy atom. The Hall–Kier alpha value is -2.64. The zero-order valence-corrected chi connectivity index (χ0v) is 9.78. The number of hydrogen-bond donors (Lipinski definition) is 2. The van der Waals surface area contributed by atoms with Crippen LogP contribution >= 0.6 is 0 Å². The quantitative estimate of drug-likeness (QED) is 0.675. The molecule has 8 nitrogen and oxygen atoms in total. The number of nitrogen functional groups attached to an aromatic ring is 1. The van der Waals surface area contributed by atoms with E-state index in [9.17, 15) is 0 Å². The molecule has 18 heavy (non-hydrogen) atoms. The van der Waals surface area contributed by atoms with E-state index in [4.69, 9.17) is 5.73 Å². The van der Waals surface area contributed by atoms with Crippen LogP contribution in [0.1, 0.15) is 5.82 Å². The maximum Gasteiger partial charge on any atom is 0.180 e. The van der Waals surface area contributed by atoms with Crippen molar-refractivity contribution in [2.75, 3.05) is 11.1 Å². The highest BCUT2D eigenvalue weighted by atomic mass is 15.3. The first-order valence-electron chi connectivity index (χ1n) is 5.40. The fourth-order valence-electron chi connectivity index (χ4n) is 1.70.